The first-order valence-electron chi connectivity index (χ1n) is 6.38. The number of rotatable bonds is 3. The number of aromatic nitrogens is 2. The molecule has 0 saturated heterocycles. The Hall–Kier alpha value is -2.11. The molecular weight excluding hydrogens is 388 g/mol. The van der Waals surface area contributed by atoms with Crippen LogP contribution in [0.15, 0.2) is 34.9 Å². The second kappa shape index (κ2) is 6.18. The van der Waals surface area contributed by atoms with Gasteiger partial charge in [0.1, 0.15) is 10.4 Å². The smallest absolute Gasteiger partial charge is 0.214 e. The van der Waals surface area contributed by atoms with Crippen LogP contribution in [-0.4, -0.2) is 8.96 Å². The summed E-state index contributed by atoms with van der Waals surface area (Å²) in [6, 6.07) is 9.69. The van der Waals surface area contributed by atoms with Crippen molar-refractivity contribution >= 4 is 39.3 Å². The van der Waals surface area contributed by atoms with Crippen LogP contribution in [0.2, 0.25) is 0 Å². The Kier molecular flexibility index (Phi) is 4.24. The lowest BCUT2D eigenvalue weighted by Crippen LogP contribution is -1.92. The van der Waals surface area contributed by atoms with Gasteiger partial charge in [0.2, 0.25) is 5.88 Å². The Morgan fingerprint density at radius 2 is 2.13 bits per heavy atom. The van der Waals surface area contributed by atoms with Crippen molar-refractivity contribution in [2.45, 2.75) is 6.92 Å². The van der Waals surface area contributed by atoms with Gasteiger partial charge in [0, 0.05) is 12.1 Å². The molecule has 0 aliphatic carbocycles. The van der Waals surface area contributed by atoms with Crippen LogP contribution < -0.4 is 4.74 Å². The molecule has 2 heterocycles. The molecule has 0 spiro atoms. The van der Waals surface area contributed by atoms with Crippen molar-refractivity contribution in [3.05, 3.63) is 51.9 Å². The third kappa shape index (κ3) is 2.90. The van der Waals surface area contributed by atoms with Gasteiger partial charge in [0.25, 0.3) is 0 Å². The number of halogens is 3. The van der Waals surface area contributed by atoms with Crippen LogP contribution in [0.4, 0.5) is 8.28 Å². The molecule has 0 fully saturated rings. The minimum atomic E-state index is -0.598. The maximum Gasteiger partial charge on any atom is 0.214 e. The number of pyridine rings is 1. The highest BCUT2D eigenvalue weighted by Crippen LogP contribution is 2.34. The lowest BCUT2D eigenvalue weighted by atomic mass is 10.1. The van der Waals surface area contributed by atoms with Gasteiger partial charge in [0.05, 0.1) is 22.7 Å². The van der Waals surface area contributed by atoms with Gasteiger partial charge in [-0.3, -0.25) is 0 Å². The zero-order valence-corrected chi connectivity index (χ0v) is 14.1. The van der Waals surface area contributed by atoms with Gasteiger partial charge in [-0.15, -0.1) is 3.89 Å². The molecular formula is C15H8BrF2N3OS. The summed E-state index contributed by atoms with van der Waals surface area (Å²) in [6.45, 7) is 1.81. The third-order valence-corrected chi connectivity index (χ3v) is 4.31. The largest absolute Gasteiger partial charge is 0.440 e. The SMILES string of the molecule is Cc1ccc(Oc2cc3nc(Br)c(F)cc3n2SF)cc1C#N. The number of nitrogens with zero attached hydrogens (tertiary/aromatic N) is 3. The molecule has 116 valence electrons. The third-order valence-electron chi connectivity index (χ3n) is 3.24. The summed E-state index contributed by atoms with van der Waals surface area (Å²) in [5, 5.41) is 9.05. The monoisotopic (exact) mass is 395 g/mol. The maximum absolute atomic E-state index is 13.6. The summed E-state index contributed by atoms with van der Waals surface area (Å²) in [7, 11) is 0. The molecule has 0 N–H and O–H groups in total. The molecule has 4 nitrogen and oxygen atoms in total. The van der Waals surface area contributed by atoms with Crippen LogP contribution in [-0.2, 0) is 0 Å². The highest BCUT2D eigenvalue weighted by Gasteiger charge is 2.16. The summed E-state index contributed by atoms with van der Waals surface area (Å²) >= 11 is 2.88. The number of aryl methyl sites for hydroxylation is 1. The standard InChI is InChI=1S/C15H8BrF2N3OS/c1-8-2-3-10(4-9(8)7-19)22-14-6-12-13(21(14)23-18)5-11(17)15(16)20-12/h2-6H,1H3. The molecule has 0 aliphatic heterocycles. The molecule has 0 aliphatic rings. The van der Waals surface area contributed by atoms with E-state index in [1.807, 2.05) is 0 Å². The molecule has 3 rings (SSSR count). The highest BCUT2D eigenvalue weighted by molar-refractivity contribution is 9.10. The summed E-state index contributed by atoms with van der Waals surface area (Å²) in [4.78, 5) is 4.00. The Bertz CT molecular complexity index is 952. The fraction of sp³-hybridized carbons (Fsp3) is 0.0667. The van der Waals surface area contributed by atoms with E-state index in [-0.39, 0.29) is 28.3 Å². The van der Waals surface area contributed by atoms with Gasteiger partial charge < -0.3 is 4.74 Å². The van der Waals surface area contributed by atoms with Gasteiger partial charge in [-0.1, -0.05) is 6.07 Å². The summed E-state index contributed by atoms with van der Waals surface area (Å²) in [6.07, 6.45) is 0. The van der Waals surface area contributed by atoms with E-state index in [9.17, 15) is 8.28 Å². The van der Waals surface area contributed by atoms with Crippen molar-refractivity contribution in [3.63, 3.8) is 0 Å². The topological polar surface area (TPSA) is 50.8 Å². The lowest BCUT2D eigenvalue weighted by Gasteiger charge is -2.08. The molecule has 0 amide bonds. The molecule has 0 unspecified atom stereocenters. The average molecular weight is 396 g/mol. The molecule has 3 aromatic rings. The van der Waals surface area contributed by atoms with Crippen LogP contribution in [0.25, 0.3) is 11.0 Å². The molecule has 2 aromatic heterocycles. The van der Waals surface area contributed by atoms with Gasteiger partial charge >= 0.3 is 0 Å². The Balaban J connectivity index is 2.08. The van der Waals surface area contributed by atoms with E-state index >= 15 is 0 Å². The quantitative estimate of drug-likeness (QED) is 0.565. The Labute approximate surface area is 143 Å². The molecule has 8 heteroatoms. The number of benzene rings is 1. The highest BCUT2D eigenvalue weighted by atomic mass is 79.9. The molecule has 23 heavy (non-hydrogen) atoms. The average Bonchev–Trinajstić information content (AvgIpc) is 2.85. The zero-order valence-electron chi connectivity index (χ0n) is 11.7. The molecule has 1 aromatic carbocycles. The van der Waals surface area contributed by atoms with E-state index in [2.05, 4.69) is 27.0 Å². The van der Waals surface area contributed by atoms with Gasteiger partial charge in [-0.05, 0) is 40.5 Å². The van der Waals surface area contributed by atoms with Gasteiger partial charge in [0.15, 0.2) is 18.2 Å². The fourth-order valence-corrected chi connectivity index (χ4v) is 2.77. The van der Waals surface area contributed by atoms with E-state index in [1.54, 1.807) is 25.1 Å². The van der Waals surface area contributed by atoms with Crippen molar-refractivity contribution < 1.29 is 13.0 Å². The van der Waals surface area contributed by atoms with Crippen molar-refractivity contribution in [2.75, 3.05) is 0 Å². The number of ether oxygens (including phenoxy) is 1. The molecule has 0 bridgehead atoms. The molecule has 0 saturated carbocycles. The summed E-state index contributed by atoms with van der Waals surface area (Å²) < 4.78 is 33.7. The van der Waals surface area contributed by atoms with Crippen LogP contribution in [0, 0.1) is 24.1 Å². The number of hydrogen-bond donors (Lipinski definition) is 0. The van der Waals surface area contributed by atoms with Crippen molar-refractivity contribution in [2.24, 2.45) is 0 Å². The Morgan fingerprint density at radius 3 is 2.83 bits per heavy atom. The fourth-order valence-electron chi connectivity index (χ4n) is 2.08. The first-order chi connectivity index (χ1) is 11.0. The second-order valence-corrected chi connectivity index (χ2v) is 5.96. The van der Waals surface area contributed by atoms with Crippen molar-refractivity contribution in [1.82, 2.24) is 8.96 Å². The lowest BCUT2D eigenvalue weighted by molar-refractivity contribution is 0.461. The maximum atomic E-state index is 13.6. The number of fused-ring (bicyclic) bond motifs is 1. The zero-order chi connectivity index (χ0) is 16.6. The van der Waals surface area contributed by atoms with Crippen molar-refractivity contribution in [3.8, 4) is 17.7 Å². The molecule has 0 atom stereocenters. The molecule has 0 radical (unpaired) electrons. The van der Waals surface area contributed by atoms with Crippen LogP contribution in [0.5, 0.6) is 11.6 Å². The van der Waals surface area contributed by atoms with Crippen LogP contribution in [0.1, 0.15) is 11.1 Å². The van der Waals surface area contributed by atoms with E-state index in [4.69, 9.17) is 10.00 Å². The van der Waals surface area contributed by atoms with E-state index in [1.165, 1.54) is 12.1 Å². The first-order valence-corrected chi connectivity index (χ1v) is 7.85. The minimum Gasteiger partial charge on any atom is -0.440 e. The number of nitriles is 1. The van der Waals surface area contributed by atoms with Crippen molar-refractivity contribution in [1.29, 1.82) is 5.26 Å². The van der Waals surface area contributed by atoms with E-state index in [0.717, 1.165) is 9.54 Å². The predicted octanol–water partition coefficient (Wildman–Crippen LogP) is 5.29. The van der Waals surface area contributed by atoms with E-state index < -0.39 is 5.82 Å². The normalized spacial score (nSPS) is 10.7. The predicted molar refractivity (Wildman–Crippen MR) is 87.5 cm³/mol. The van der Waals surface area contributed by atoms with Gasteiger partial charge in [-0.2, -0.15) is 5.26 Å². The van der Waals surface area contributed by atoms with Gasteiger partial charge in [-0.25, -0.2) is 13.3 Å². The summed E-state index contributed by atoms with van der Waals surface area (Å²) in [5.74, 6) is -0.0745. The van der Waals surface area contributed by atoms with Crippen LogP contribution >= 0.6 is 28.3 Å². The van der Waals surface area contributed by atoms with E-state index in [0.29, 0.717) is 16.8 Å². The number of hydrogen-bond acceptors (Lipinski definition) is 4. The Morgan fingerprint density at radius 1 is 1.35 bits per heavy atom. The summed E-state index contributed by atoms with van der Waals surface area (Å²) in [5.41, 5.74) is 1.91. The minimum absolute atomic E-state index is 0.0414. The first kappa shape index (κ1) is 15.8. The van der Waals surface area contributed by atoms with Crippen LogP contribution in [0.3, 0.4) is 0 Å². The second-order valence-electron chi connectivity index (χ2n) is 4.70.